The third kappa shape index (κ3) is 1.75. The highest BCUT2D eigenvalue weighted by molar-refractivity contribution is 5.90. The number of hydrogen-bond acceptors (Lipinski definition) is 3. The number of nitrogens with zero attached hydrogens (tertiary/aromatic N) is 2. The minimum absolute atomic E-state index is 0.230. The average Bonchev–Trinajstić information content (AvgIpc) is 2.55. The average molecular weight is 231 g/mol. The lowest BCUT2D eigenvalue weighted by atomic mass is 10.2. The van der Waals surface area contributed by atoms with Crippen LogP contribution in [0.25, 0.3) is 5.69 Å². The van der Waals surface area contributed by atoms with Gasteiger partial charge in [-0.3, -0.25) is 0 Å². The van der Waals surface area contributed by atoms with E-state index in [1.165, 1.54) is 0 Å². The molecule has 0 saturated heterocycles. The van der Waals surface area contributed by atoms with E-state index in [-0.39, 0.29) is 5.56 Å². The molecule has 0 aliphatic carbocycles. The topological polar surface area (TPSA) is 81.1 Å². The summed E-state index contributed by atoms with van der Waals surface area (Å²) in [6.07, 6.45) is 0. The summed E-state index contributed by atoms with van der Waals surface area (Å²) in [5.74, 6) is -0.972. The molecular formula is C12H13N3O2. The Kier molecular flexibility index (Phi) is 2.59. The second-order valence-corrected chi connectivity index (χ2v) is 3.82. The number of benzene rings is 1. The van der Waals surface area contributed by atoms with Gasteiger partial charge in [0.05, 0.1) is 22.8 Å². The van der Waals surface area contributed by atoms with Crippen molar-refractivity contribution in [3.05, 3.63) is 41.2 Å². The molecule has 3 N–H and O–H groups in total. The molecule has 1 aromatic carbocycles. The molecule has 0 bridgehead atoms. The van der Waals surface area contributed by atoms with Crippen molar-refractivity contribution in [2.75, 3.05) is 5.73 Å². The van der Waals surface area contributed by atoms with Gasteiger partial charge in [-0.15, -0.1) is 0 Å². The van der Waals surface area contributed by atoms with Crippen LogP contribution in [-0.4, -0.2) is 20.9 Å². The first-order valence-corrected chi connectivity index (χ1v) is 5.16. The van der Waals surface area contributed by atoms with Gasteiger partial charge in [-0.25, -0.2) is 9.48 Å². The van der Waals surface area contributed by atoms with Crippen molar-refractivity contribution in [1.82, 2.24) is 9.78 Å². The third-order valence-corrected chi connectivity index (χ3v) is 2.67. The van der Waals surface area contributed by atoms with Gasteiger partial charge in [-0.1, -0.05) is 12.1 Å². The molecule has 17 heavy (non-hydrogen) atoms. The van der Waals surface area contributed by atoms with Crippen LogP contribution < -0.4 is 5.73 Å². The van der Waals surface area contributed by atoms with Crippen LogP contribution in [0.1, 0.15) is 21.7 Å². The maximum Gasteiger partial charge on any atom is 0.339 e. The van der Waals surface area contributed by atoms with Gasteiger partial charge in [-0.2, -0.15) is 5.10 Å². The monoisotopic (exact) mass is 231 g/mol. The van der Waals surface area contributed by atoms with Gasteiger partial charge in [0.2, 0.25) is 0 Å². The summed E-state index contributed by atoms with van der Waals surface area (Å²) >= 11 is 0. The van der Waals surface area contributed by atoms with Crippen molar-refractivity contribution in [2.45, 2.75) is 13.8 Å². The first kappa shape index (κ1) is 11.2. The lowest BCUT2D eigenvalue weighted by molar-refractivity contribution is 0.0695. The summed E-state index contributed by atoms with van der Waals surface area (Å²) in [6.45, 7) is 3.39. The zero-order valence-electron chi connectivity index (χ0n) is 9.64. The van der Waals surface area contributed by atoms with Crippen LogP contribution in [0.5, 0.6) is 0 Å². The number of para-hydroxylation sites is 2. The first-order chi connectivity index (χ1) is 8.02. The zero-order valence-corrected chi connectivity index (χ0v) is 9.64. The van der Waals surface area contributed by atoms with E-state index >= 15 is 0 Å². The van der Waals surface area contributed by atoms with Crippen molar-refractivity contribution in [3.8, 4) is 5.69 Å². The zero-order chi connectivity index (χ0) is 12.6. The maximum absolute atomic E-state index is 11.1. The van der Waals surface area contributed by atoms with Crippen LogP contribution >= 0.6 is 0 Å². The fourth-order valence-corrected chi connectivity index (χ4v) is 1.87. The Bertz CT molecular complexity index is 587. The van der Waals surface area contributed by atoms with Crippen LogP contribution in [0.15, 0.2) is 24.3 Å². The second-order valence-electron chi connectivity index (χ2n) is 3.82. The van der Waals surface area contributed by atoms with Crippen LogP contribution in [0.3, 0.4) is 0 Å². The summed E-state index contributed by atoms with van der Waals surface area (Å²) in [7, 11) is 0. The van der Waals surface area contributed by atoms with Crippen molar-refractivity contribution in [2.24, 2.45) is 0 Å². The third-order valence-electron chi connectivity index (χ3n) is 2.67. The molecule has 0 saturated carbocycles. The fourth-order valence-electron chi connectivity index (χ4n) is 1.87. The number of nitrogens with two attached hydrogens (primary N) is 1. The predicted octanol–water partition coefficient (Wildman–Crippen LogP) is 1.77. The van der Waals surface area contributed by atoms with E-state index in [0.717, 1.165) is 0 Å². The number of carboxylic acids is 1. The lowest BCUT2D eigenvalue weighted by Gasteiger charge is -2.07. The molecule has 0 atom stereocenters. The van der Waals surface area contributed by atoms with Crippen molar-refractivity contribution in [1.29, 1.82) is 0 Å². The van der Waals surface area contributed by atoms with Crippen molar-refractivity contribution in [3.63, 3.8) is 0 Å². The smallest absolute Gasteiger partial charge is 0.339 e. The lowest BCUT2D eigenvalue weighted by Crippen LogP contribution is -2.04. The van der Waals surface area contributed by atoms with Gasteiger partial charge in [0, 0.05) is 0 Å². The molecule has 2 aromatic rings. The van der Waals surface area contributed by atoms with Gasteiger partial charge < -0.3 is 10.8 Å². The van der Waals surface area contributed by atoms with Gasteiger partial charge in [0.15, 0.2) is 0 Å². The van der Waals surface area contributed by atoms with E-state index in [9.17, 15) is 4.79 Å². The van der Waals surface area contributed by atoms with E-state index in [4.69, 9.17) is 10.8 Å². The quantitative estimate of drug-likeness (QED) is 0.772. The van der Waals surface area contributed by atoms with Gasteiger partial charge >= 0.3 is 5.97 Å². The first-order valence-electron chi connectivity index (χ1n) is 5.16. The molecule has 0 spiro atoms. The molecule has 1 heterocycles. The molecular weight excluding hydrogens is 218 g/mol. The molecule has 0 aliphatic heterocycles. The van der Waals surface area contributed by atoms with Crippen LogP contribution in [-0.2, 0) is 0 Å². The largest absolute Gasteiger partial charge is 0.478 e. The molecule has 0 fully saturated rings. The SMILES string of the molecule is Cc1nn(-c2ccccc2N)c(C)c1C(=O)O. The van der Waals surface area contributed by atoms with E-state index in [2.05, 4.69) is 5.10 Å². The summed E-state index contributed by atoms with van der Waals surface area (Å²) in [6, 6.07) is 7.22. The number of anilines is 1. The number of aryl methyl sites for hydroxylation is 1. The van der Waals surface area contributed by atoms with E-state index in [0.29, 0.717) is 22.8 Å². The molecule has 0 aliphatic rings. The highest BCUT2D eigenvalue weighted by Gasteiger charge is 2.19. The Hall–Kier alpha value is -2.30. The molecule has 0 amide bonds. The van der Waals surface area contributed by atoms with Gasteiger partial charge in [0.25, 0.3) is 0 Å². The van der Waals surface area contributed by atoms with Crippen molar-refractivity contribution < 1.29 is 9.90 Å². The number of aromatic carboxylic acids is 1. The van der Waals surface area contributed by atoms with Crippen molar-refractivity contribution >= 4 is 11.7 Å². The Balaban J connectivity index is 2.66. The molecule has 0 radical (unpaired) electrons. The molecule has 5 heteroatoms. The molecule has 2 rings (SSSR count). The summed E-state index contributed by atoms with van der Waals surface area (Å²) in [5, 5.41) is 13.3. The summed E-state index contributed by atoms with van der Waals surface area (Å²) in [5.41, 5.74) is 8.40. The Morgan fingerprint density at radius 3 is 2.53 bits per heavy atom. The molecule has 1 aromatic heterocycles. The number of rotatable bonds is 2. The predicted molar refractivity (Wildman–Crippen MR) is 64.4 cm³/mol. The van der Waals surface area contributed by atoms with E-state index < -0.39 is 5.97 Å². The van der Waals surface area contributed by atoms with Gasteiger partial charge in [-0.05, 0) is 26.0 Å². The second kappa shape index (κ2) is 3.93. The maximum atomic E-state index is 11.1. The minimum Gasteiger partial charge on any atom is -0.478 e. The Morgan fingerprint density at radius 2 is 2.00 bits per heavy atom. The Labute approximate surface area is 98.5 Å². The highest BCUT2D eigenvalue weighted by Crippen LogP contribution is 2.21. The number of hydrogen-bond donors (Lipinski definition) is 2. The minimum atomic E-state index is -0.972. The highest BCUT2D eigenvalue weighted by atomic mass is 16.4. The number of carbonyl (C=O) groups is 1. The Morgan fingerprint density at radius 1 is 1.35 bits per heavy atom. The fraction of sp³-hybridized carbons (Fsp3) is 0.167. The van der Waals surface area contributed by atoms with E-state index in [1.54, 1.807) is 30.7 Å². The molecule has 88 valence electrons. The molecule has 5 nitrogen and oxygen atoms in total. The number of aromatic nitrogens is 2. The van der Waals surface area contributed by atoms with Crippen LogP contribution in [0, 0.1) is 13.8 Å². The van der Waals surface area contributed by atoms with E-state index in [1.807, 2.05) is 12.1 Å². The summed E-state index contributed by atoms with van der Waals surface area (Å²) < 4.78 is 1.56. The molecule has 0 unspecified atom stereocenters. The normalized spacial score (nSPS) is 10.5. The standard InChI is InChI=1S/C12H13N3O2/c1-7-11(12(16)17)8(2)15(14-7)10-6-4-3-5-9(10)13/h3-6H,13H2,1-2H3,(H,16,17). The number of nitrogen functional groups attached to an aromatic ring is 1. The number of carboxylic acid groups (broad SMARTS) is 1. The van der Waals surface area contributed by atoms with Crippen LogP contribution in [0.4, 0.5) is 5.69 Å². The van der Waals surface area contributed by atoms with Crippen LogP contribution in [0.2, 0.25) is 0 Å². The van der Waals surface area contributed by atoms with Gasteiger partial charge in [0.1, 0.15) is 5.56 Å². The summed E-state index contributed by atoms with van der Waals surface area (Å²) in [4.78, 5) is 11.1.